The highest BCUT2D eigenvalue weighted by Crippen LogP contribution is 2.30. The number of amides is 1. The van der Waals surface area contributed by atoms with E-state index in [0.29, 0.717) is 23.0 Å². The van der Waals surface area contributed by atoms with Gasteiger partial charge in [0.25, 0.3) is 0 Å². The minimum absolute atomic E-state index is 0.0370. The molecule has 1 aromatic carbocycles. The van der Waals surface area contributed by atoms with Crippen LogP contribution >= 0.6 is 11.6 Å². The van der Waals surface area contributed by atoms with Gasteiger partial charge in [0.1, 0.15) is 5.75 Å². The number of hydrogen-bond donors (Lipinski definition) is 1. The molecule has 1 amide bonds. The largest absolute Gasteiger partial charge is 0.495 e. The highest BCUT2D eigenvalue weighted by Gasteiger charge is 2.19. The number of halogens is 1. The van der Waals surface area contributed by atoms with Crippen molar-refractivity contribution >= 4 is 33.2 Å². The van der Waals surface area contributed by atoms with Crippen LogP contribution in [0, 0.1) is 0 Å². The first-order chi connectivity index (χ1) is 11.1. The maximum absolute atomic E-state index is 12.0. The summed E-state index contributed by atoms with van der Waals surface area (Å²) in [6.07, 6.45) is 1.15. The second-order valence-corrected chi connectivity index (χ2v) is 7.87. The summed E-state index contributed by atoms with van der Waals surface area (Å²) in [5.41, 5.74) is 0.393. The van der Waals surface area contributed by atoms with E-state index in [1.54, 1.807) is 12.1 Å². The molecule has 0 heterocycles. The molecule has 0 atom stereocenters. The molecule has 1 aromatic rings. The van der Waals surface area contributed by atoms with E-state index in [0.717, 1.165) is 17.1 Å². The van der Waals surface area contributed by atoms with E-state index in [1.807, 2.05) is 19.0 Å². The average Bonchev–Trinajstić information content (AvgIpc) is 2.45. The molecule has 7 nitrogen and oxygen atoms in total. The average molecular weight is 378 g/mol. The molecule has 24 heavy (non-hydrogen) atoms. The van der Waals surface area contributed by atoms with Crippen molar-refractivity contribution in [3.63, 3.8) is 0 Å². The van der Waals surface area contributed by atoms with E-state index in [1.165, 1.54) is 13.2 Å². The standard InChI is InChI=1S/C15H24ClN3O4S/c1-18(2)10-8-17-15(20)7-9-19(24(4,21)22)12-5-6-14(23-3)13(16)11-12/h5-6,11H,7-10H2,1-4H3,(H,17,20). The molecule has 0 saturated heterocycles. The fourth-order valence-corrected chi connectivity index (χ4v) is 3.18. The normalized spacial score (nSPS) is 11.4. The van der Waals surface area contributed by atoms with Crippen molar-refractivity contribution in [1.82, 2.24) is 10.2 Å². The lowest BCUT2D eigenvalue weighted by molar-refractivity contribution is -0.120. The predicted molar refractivity (Wildman–Crippen MR) is 96.4 cm³/mol. The molecular formula is C15H24ClN3O4S. The summed E-state index contributed by atoms with van der Waals surface area (Å²) < 4.78 is 30.3. The van der Waals surface area contributed by atoms with Crippen LogP contribution in [-0.4, -0.2) is 66.3 Å². The first-order valence-corrected chi connectivity index (χ1v) is 9.60. The van der Waals surface area contributed by atoms with Crippen LogP contribution in [0.2, 0.25) is 5.02 Å². The predicted octanol–water partition coefficient (Wildman–Crippen LogP) is 1.18. The second kappa shape index (κ2) is 9.10. The number of methoxy groups -OCH3 is 1. The number of hydrogen-bond acceptors (Lipinski definition) is 5. The van der Waals surface area contributed by atoms with Crippen LogP contribution in [0.15, 0.2) is 18.2 Å². The third kappa shape index (κ3) is 6.54. The minimum atomic E-state index is -3.54. The molecule has 0 radical (unpaired) electrons. The Bertz CT molecular complexity index is 665. The molecule has 0 aromatic heterocycles. The number of likely N-dealkylation sites (N-methyl/N-ethyl adjacent to an activating group) is 1. The van der Waals surface area contributed by atoms with E-state index in [9.17, 15) is 13.2 Å². The Labute approximate surface area is 148 Å². The smallest absolute Gasteiger partial charge is 0.232 e. The molecule has 1 rings (SSSR count). The molecule has 0 bridgehead atoms. The quantitative estimate of drug-likeness (QED) is 0.699. The third-order valence-electron chi connectivity index (χ3n) is 3.25. The molecule has 9 heteroatoms. The Morgan fingerprint density at radius 3 is 2.46 bits per heavy atom. The lowest BCUT2D eigenvalue weighted by Crippen LogP contribution is -2.36. The van der Waals surface area contributed by atoms with Crippen molar-refractivity contribution in [2.24, 2.45) is 0 Å². The summed E-state index contributed by atoms with van der Waals surface area (Å²) in [6, 6.07) is 4.69. The van der Waals surface area contributed by atoms with E-state index in [4.69, 9.17) is 16.3 Å². The number of benzene rings is 1. The molecule has 0 aliphatic heterocycles. The monoisotopic (exact) mass is 377 g/mol. The first kappa shape index (κ1) is 20.5. The van der Waals surface area contributed by atoms with Crippen LogP contribution in [0.25, 0.3) is 0 Å². The first-order valence-electron chi connectivity index (χ1n) is 7.38. The van der Waals surface area contributed by atoms with E-state index >= 15 is 0 Å². The van der Waals surface area contributed by atoms with Crippen LogP contribution in [0.3, 0.4) is 0 Å². The molecule has 0 saturated carbocycles. The summed E-state index contributed by atoms with van der Waals surface area (Å²) in [5, 5.41) is 3.06. The number of carbonyl (C=O) groups excluding carboxylic acids is 1. The lowest BCUT2D eigenvalue weighted by atomic mass is 10.3. The number of carbonyl (C=O) groups is 1. The summed E-state index contributed by atoms with van der Waals surface area (Å²) in [5.74, 6) is 0.250. The number of anilines is 1. The van der Waals surface area contributed by atoms with Crippen LogP contribution in [0.4, 0.5) is 5.69 Å². The van der Waals surface area contributed by atoms with Gasteiger partial charge in [-0.2, -0.15) is 0 Å². The maximum atomic E-state index is 12.0. The SMILES string of the molecule is COc1ccc(N(CCC(=O)NCCN(C)C)S(C)(=O)=O)cc1Cl. The van der Waals surface area contributed by atoms with E-state index < -0.39 is 10.0 Å². The summed E-state index contributed by atoms with van der Waals surface area (Å²) in [4.78, 5) is 13.8. The molecule has 0 spiro atoms. The number of ether oxygens (including phenoxy) is 1. The summed E-state index contributed by atoms with van der Waals surface area (Å²) in [6.45, 7) is 1.27. The number of rotatable bonds is 9. The van der Waals surface area contributed by atoms with Gasteiger partial charge in [-0.25, -0.2) is 8.42 Å². The van der Waals surface area contributed by atoms with Gasteiger partial charge in [0.2, 0.25) is 15.9 Å². The van der Waals surface area contributed by atoms with Gasteiger partial charge in [-0.1, -0.05) is 11.6 Å². The minimum Gasteiger partial charge on any atom is -0.495 e. The maximum Gasteiger partial charge on any atom is 0.232 e. The van der Waals surface area contributed by atoms with Crippen molar-refractivity contribution < 1.29 is 17.9 Å². The second-order valence-electron chi connectivity index (χ2n) is 5.56. The van der Waals surface area contributed by atoms with Gasteiger partial charge < -0.3 is 15.0 Å². The molecule has 1 N–H and O–H groups in total. The van der Waals surface area contributed by atoms with Gasteiger partial charge in [-0.05, 0) is 32.3 Å². The van der Waals surface area contributed by atoms with Gasteiger partial charge in [-0.3, -0.25) is 9.10 Å². The lowest BCUT2D eigenvalue weighted by Gasteiger charge is -2.23. The highest BCUT2D eigenvalue weighted by atomic mass is 35.5. The summed E-state index contributed by atoms with van der Waals surface area (Å²) >= 11 is 6.05. The summed E-state index contributed by atoms with van der Waals surface area (Å²) in [7, 11) is 1.76. The molecule has 0 aliphatic rings. The molecule has 0 unspecified atom stereocenters. The Kier molecular flexibility index (Phi) is 7.78. The van der Waals surface area contributed by atoms with Crippen LogP contribution in [0.1, 0.15) is 6.42 Å². The molecule has 0 aliphatic carbocycles. The Morgan fingerprint density at radius 1 is 1.29 bits per heavy atom. The molecular weight excluding hydrogens is 354 g/mol. The van der Waals surface area contributed by atoms with Crippen LogP contribution in [0.5, 0.6) is 5.75 Å². The van der Waals surface area contributed by atoms with Crippen molar-refractivity contribution in [3.8, 4) is 5.75 Å². The fourth-order valence-electron chi connectivity index (χ4n) is 2.01. The van der Waals surface area contributed by atoms with Gasteiger partial charge in [-0.15, -0.1) is 0 Å². The fraction of sp³-hybridized carbons (Fsp3) is 0.533. The van der Waals surface area contributed by atoms with Crippen molar-refractivity contribution in [1.29, 1.82) is 0 Å². The van der Waals surface area contributed by atoms with Crippen molar-refractivity contribution in [2.75, 3.05) is 51.4 Å². The zero-order valence-electron chi connectivity index (χ0n) is 14.4. The topological polar surface area (TPSA) is 79.0 Å². The third-order valence-corrected chi connectivity index (χ3v) is 4.74. The van der Waals surface area contributed by atoms with Crippen molar-refractivity contribution in [2.45, 2.75) is 6.42 Å². The zero-order valence-corrected chi connectivity index (χ0v) is 15.9. The van der Waals surface area contributed by atoms with Gasteiger partial charge >= 0.3 is 0 Å². The molecule has 136 valence electrons. The van der Waals surface area contributed by atoms with Gasteiger partial charge in [0.15, 0.2) is 0 Å². The zero-order chi connectivity index (χ0) is 18.3. The number of nitrogens with zero attached hydrogens (tertiary/aromatic N) is 2. The number of sulfonamides is 1. The highest BCUT2D eigenvalue weighted by molar-refractivity contribution is 7.92. The van der Waals surface area contributed by atoms with Gasteiger partial charge in [0.05, 0.1) is 24.1 Å². The van der Waals surface area contributed by atoms with Crippen molar-refractivity contribution in [3.05, 3.63) is 23.2 Å². The van der Waals surface area contributed by atoms with Gasteiger partial charge in [0, 0.05) is 26.1 Å². The van der Waals surface area contributed by atoms with Crippen LogP contribution in [-0.2, 0) is 14.8 Å². The Hall–Kier alpha value is -1.51. The van der Waals surface area contributed by atoms with Crippen LogP contribution < -0.4 is 14.4 Å². The molecule has 0 fully saturated rings. The number of nitrogens with one attached hydrogen (secondary N) is 1. The van der Waals surface area contributed by atoms with E-state index in [2.05, 4.69) is 5.32 Å². The Balaban J connectivity index is 2.78. The van der Waals surface area contributed by atoms with E-state index in [-0.39, 0.29) is 18.9 Å². The Morgan fingerprint density at radius 2 is 1.96 bits per heavy atom.